The van der Waals surface area contributed by atoms with Crippen LogP contribution in [0.2, 0.25) is 13.1 Å². The first kappa shape index (κ1) is 12.8. The molecular formula is C20H19Si. The smallest absolute Gasteiger partial charge is 0.0556 e. The molecule has 0 amide bonds. The van der Waals surface area contributed by atoms with Crippen molar-refractivity contribution in [3.8, 4) is 11.1 Å². The Morgan fingerprint density at radius 3 is 2.43 bits per heavy atom. The molecule has 103 valence electrons. The van der Waals surface area contributed by atoms with Crippen molar-refractivity contribution in [1.29, 1.82) is 0 Å². The van der Waals surface area contributed by atoms with E-state index in [1.807, 2.05) is 0 Å². The van der Waals surface area contributed by atoms with Crippen LogP contribution in [0.25, 0.3) is 16.7 Å². The third-order valence-electron chi connectivity index (χ3n) is 4.65. The highest BCUT2D eigenvalue weighted by atomic mass is 28.3. The summed E-state index contributed by atoms with van der Waals surface area (Å²) in [6.07, 6.45) is 7.81. The summed E-state index contributed by atoms with van der Waals surface area (Å²) in [4.78, 5) is 0. The quantitative estimate of drug-likeness (QED) is 0.646. The predicted molar refractivity (Wildman–Crippen MR) is 92.9 cm³/mol. The van der Waals surface area contributed by atoms with Crippen LogP contribution >= 0.6 is 0 Å². The zero-order valence-corrected chi connectivity index (χ0v) is 13.6. The molecule has 0 fully saturated rings. The summed E-state index contributed by atoms with van der Waals surface area (Å²) in [5.41, 5.74) is 9.64. The molecular weight excluding hydrogens is 268 g/mol. The third kappa shape index (κ3) is 1.88. The van der Waals surface area contributed by atoms with Crippen molar-refractivity contribution in [3.05, 3.63) is 77.4 Å². The molecule has 0 aliphatic heterocycles. The summed E-state index contributed by atoms with van der Waals surface area (Å²) >= 11 is 0. The lowest BCUT2D eigenvalue weighted by atomic mass is 9.95. The molecule has 4 rings (SSSR count). The first-order chi connectivity index (χ1) is 10.3. The zero-order valence-electron chi connectivity index (χ0n) is 12.6. The molecule has 0 bridgehead atoms. The molecule has 1 atom stereocenters. The van der Waals surface area contributed by atoms with Crippen molar-refractivity contribution in [1.82, 2.24) is 0 Å². The van der Waals surface area contributed by atoms with E-state index < -0.39 is 8.80 Å². The second-order valence-electron chi connectivity index (χ2n) is 6.19. The van der Waals surface area contributed by atoms with Gasteiger partial charge in [0, 0.05) is 5.54 Å². The van der Waals surface area contributed by atoms with Crippen molar-refractivity contribution >= 4 is 14.4 Å². The summed E-state index contributed by atoms with van der Waals surface area (Å²) in [6, 6.07) is 15.9. The maximum absolute atomic E-state index is 2.44. The Bertz CT molecular complexity index is 765. The number of allylic oxidation sites excluding steroid dienone is 4. The van der Waals surface area contributed by atoms with E-state index in [0.717, 1.165) is 6.42 Å². The van der Waals surface area contributed by atoms with Crippen LogP contribution in [-0.4, -0.2) is 8.80 Å². The maximum Gasteiger partial charge on any atom is 0.0556 e. The molecule has 0 heterocycles. The highest BCUT2D eigenvalue weighted by Gasteiger charge is 2.33. The minimum atomic E-state index is -0.434. The lowest BCUT2D eigenvalue weighted by molar-refractivity contribution is 1.14. The molecule has 0 spiro atoms. The highest BCUT2D eigenvalue weighted by molar-refractivity contribution is 6.59. The molecule has 1 unspecified atom stereocenters. The van der Waals surface area contributed by atoms with E-state index in [4.69, 9.17) is 0 Å². The summed E-state index contributed by atoms with van der Waals surface area (Å²) in [7, 11) is -0.434. The molecule has 0 aromatic heterocycles. The molecule has 2 aliphatic rings. The van der Waals surface area contributed by atoms with Crippen molar-refractivity contribution < 1.29 is 0 Å². The van der Waals surface area contributed by atoms with Crippen molar-refractivity contribution in [2.45, 2.75) is 25.1 Å². The van der Waals surface area contributed by atoms with Crippen LogP contribution in [0.15, 0.2) is 60.7 Å². The predicted octanol–water partition coefficient (Wildman–Crippen LogP) is 5.44. The normalized spacial score (nSPS) is 18.8. The minimum absolute atomic E-state index is 0.434. The topological polar surface area (TPSA) is 0 Å². The van der Waals surface area contributed by atoms with Crippen LogP contribution in [0.1, 0.15) is 28.7 Å². The van der Waals surface area contributed by atoms with Gasteiger partial charge in [0.05, 0.1) is 8.80 Å². The van der Waals surface area contributed by atoms with E-state index in [1.54, 1.807) is 11.1 Å². The van der Waals surface area contributed by atoms with Gasteiger partial charge in [0.25, 0.3) is 0 Å². The van der Waals surface area contributed by atoms with Crippen LogP contribution in [0.4, 0.5) is 0 Å². The second-order valence-corrected chi connectivity index (χ2v) is 8.92. The lowest BCUT2D eigenvalue weighted by Crippen LogP contribution is -2.16. The SMILES string of the molecule is C[Si](C)C1c2ccccc2-c2cccc(C3=CC=CC3)c21. The molecule has 2 aromatic rings. The molecule has 0 N–H and O–H groups in total. The molecule has 0 saturated heterocycles. The van der Waals surface area contributed by atoms with Crippen LogP contribution in [0.5, 0.6) is 0 Å². The van der Waals surface area contributed by atoms with Gasteiger partial charge in [0.15, 0.2) is 0 Å². The zero-order chi connectivity index (χ0) is 14.4. The number of rotatable bonds is 2. The van der Waals surface area contributed by atoms with Gasteiger partial charge < -0.3 is 0 Å². The Morgan fingerprint density at radius 1 is 0.905 bits per heavy atom. The average Bonchev–Trinajstić information content (AvgIpc) is 3.12. The Hall–Kier alpha value is -1.86. The van der Waals surface area contributed by atoms with Gasteiger partial charge in [-0.15, -0.1) is 0 Å². The highest BCUT2D eigenvalue weighted by Crippen LogP contribution is 2.49. The van der Waals surface area contributed by atoms with Gasteiger partial charge >= 0.3 is 0 Å². The van der Waals surface area contributed by atoms with Gasteiger partial charge in [-0.3, -0.25) is 0 Å². The fourth-order valence-corrected chi connectivity index (χ4v) is 5.55. The molecule has 2 aliphatic carbocycles. The van der Waals surface area contributed by atoms with E-state index in [0.29, 0.717) is 5.54 Å². The van der Waals surface area contributed by atoms with Crippen LogP contribution in [-0.2, 0) is 0 Å². The van der Waals surface area contributed by atoms with Gasteiger partial charge in [0.1, 0.15) is 0 Å². The van der Waals surface area contributed by atoms with Gasteiger partial charge in [-0.05, 0) is 39.8 Å². The summed E-state index contributed by atoms with van der Waals surface area (Å²) in [5, 5.41) is 0. The van der Waals surface area contributed by atoms with Crippen LogP contribution < -0.4 is 0 Å². The van der Waals surface area contributed by atoms with E-state index in [1.165, 1.54) is 22.3 Å². The Morgan fingerprint density at radius 2 is 1.67 bits per heavy atom. The summed E-state index contributed by atoms with van der Waals surface area (Å²) < 4.78 is 0. The number of benzene rings is 2. The first-order valence-electron chi connectivity index (χ1n) is 7.65. The number of hydrogen-bond acceptors (Lipinski definition) is 0. The van der Waals surface area contributed by atoms with E-state index >= 15 is 0 Å². The molecule has 0 nitrogen and oxygen atoms in total. The summed E-state index contributed by atoms with van der Waals surface area (Å²) in [6.45, 7) is 4.89. The molecule has 1 radical (unpaired) electrons. The van der Waals surface area contributed by atoms with Crippen molar-refractivity contribution in [3.63, 3.8) is 0 Å². The lowest BCUT2D eigenvalue weighted by Gasteiger charge is -2.20. The molecule has 0 saturated carbocycles. The monoisotopic (exact) mass is 287 g/mol. The fraction of sp³-hybridized carbons (Fsp3) is 0.200. The standard InChI is InChI=1S/C20H19Si/c1-21(2)20-18-11-6-5-10-16(18)17-13-7-12-15(19(17)20)14-8-3-4-9-14/h3-8,10-13,20H,9H2,1-2H3. The second kappa shape index (κ2) is 4.85. The van der Waals surface area contributed by atoms with Crippen molar-refractivity contribution in [2.75, 3.05) is 0 Å². The van der Waals surface area contributed by atoms with Crippen molar-refractivity contribution in [2.24, 2.45) is 0 Å². The van der Waals surface area contributed by atoms with E-state index in [9.17, 15) is 0 Å². The summed E-state index contributed by atoms with van der Waals surface area (Å²) in [5.74, 6) is 0. The molecule has 21 heavy (non-hydrogen) atoms. The van der Waals surface area contributed by atoms with Crippen LogP contribution in [0, 0.1) is 0 Å². The van der Waals surface area contributed by atoms with Crippen LogP contribution in [0.3, 0.4) is 0 Å². The number of hydrogen-bond donors (Lipinski definition) is 0. The Kier molecular flexibility index (Phi) is 2.97. The van der Waals surface area contributed by atoms with Gasteiger partial charge in [-0.2, -0.15) is 0 Å². The third-order valence-corrected chi connectivity index (χ3v) is 6.41. The Balaban J connectivity index is 1.98. The van der Waals surface area contributed by atoms with E-state index in [-0.39, 0.29) is 0 Å². The Labute approximate surface area is 128 Å². The maximum atomic E-state index is 2.44. The van der Waals surface area contributed by atoms with Gasteiger partial charge in [0.2, 0.25) is 0 Å². The minimum Gasteiger partial charge on any atom is -0.0801 e. The molecule has 2 aromatic carbocycles. The van der Waals surface area contributed by atoms with Gasteiger partial charge in [-0.1, -0.05) is 73.8 Å². The largest absolute Gasteiger partial charge is 0.0801 e. The number of fused-ring (bicyclic) bond motifs is 3. The van der Waals surface area contributed by atoms with E-state index in [2.05, 4.69) is 73.8 Å². The fourth-order valence-electron chi connectivity index (χ4n) is 3.79. The molecule has 1 heteroatoms. The first-order valence-corrected chi connectivity index (χ1v) is 10.2. The van der Waals surface area contributed by atoms with Gasteiger partial charge in [-0.25, -0.2) is 0 Å². The average molecular weight is 287 g/mol.